The molecule has 0 aromatic heterocycles. The van der Waals surface area contributed by atoms with E-state index in [1.165, 1.54) is 0 Å². The van der Waals surface area contributed by atoms with Crippen molar-refractivity contribution in [3.63, 3.8) is 0 Å². The highest BCUT2D eigenvalue weighted by Gasteiger charge is 2.67. The highest BCUT2D eigenvalue weighted by atomic mass is 32.2. The average Bonchev–Trinajstić information content (AvgIpc) is 3.39. The second-order valence-corrected chi connectivity index (χ2v) is 18.7. The molecule has 55 heavy (non-hydrogen) atoms. The Labute approximate surface area is 318 Å². The minimum Gasteiger partial charge on any atom is -0.356 e. The third kappa shape index (κ3) is 10.7. The summed E-state index contributed by atoms with van der Waals surface area (Å²) in [6.45, 7) is 6.62. The summed E-state index contributed by atoms with van der Waals surface area (Å²) in [6, 6.07) is 0. The van der Waals surface area contributed by atoms with E-state index in [1.54, 1.807) is 14.1 Å². The summed E-state index contributed by atoms with van der Waals surface area (Å²) in [7, 11) is -1.11. The molecule has 0 saturated heterocycles. The molecule has 12 atom stereocenters. The number of carbonyl (C=O) groups excluding carboxylic acids is 1. The molecular weight excluding hydrogens is 756 g/mol. The fourth-order valence-electron chi connectivity index (χ4n) is 11.3. The molecule has 0 aromatic rings. The zero-order valence-electron chi connectivity index (χ0n) is 31.9. The van der Waals surface area contributed by atoms with Gasteiger partial charge in [0.2, 0.25) is 5.91 Å². The number of hydrogen-bond acceptors (Lipinski definition) is 15. The third-order valence-corrected chi connectivity index (χ3v) is 14.3. The van der Waals surface area contributed by atoms with Crippen molar-refractivity contribution in [3.05, 3.63) is 40.5 Å². The Kier molecular flexibility index (Phi) is 13.6. The molecule has 2 N–H and O–H groups in total. The molecule has 0 radical (unpaired) electrons. The van der Waals surface area contributed by atoms with E-state index in [1.807, 2.05) is 13.8 Å². The minimum absolute atomic E-state index is 0.0800. The van der Waals surface area contributed by atoms with Crippen LogP contribution in [0.15, 0.2) is 0 Å². The van der Waals surface area contributed by atoms with Gasteiger partial charge in [-0.05, 0) is 92.3 Å². The summed E-state index contributed by atoms with van der Waals surface area (Å²) in [6.07, 6.45) is 0.530. The monoisotopic (exact) mass is 811 g/mol. The highest BCUT2D eigenvalue weighted by molar-refractivity contribution is 7.85. The number of quaternary nitrogens is 1. The summed E-state index contributed by atoms with van der Waals surface area (Å²) in [4.78, 5) is 79.0. The van der Waals surface area contributed by atoms with Crippen molar-refractivity contribution in [2.45, 2.75) is 109 Å². The number of rotatable bonds is 20. The molecule has 4 saturated carbocycles. The minimum atomic E-state index is -4.53. The number of hydrogen-bond donors (Lipinski definition) is 2. The smallest absolute Gasteiger partial charge is 0.295 e. The Hall–Kier alpha value is -3.86. The number of nitrogens with zero attached hydrogens (tertiary/aromatic N) is 5. The summed E-state index contributed by atoms with van der Waals surface area (Å²) < 4.78 is 31.9. The summed E-state index contributed by atoms with van der Waals surface area (Å²) in [5.41, 5.74) is -1.20. The Bertz CT molecular complexity index is 1550. The average molecular weight is 812 g/mol. The van der Waals surface area contributed by atoms with Crippen molar-refractivity contribution in [1.82, 2.24) is 5.32 Å². The Balaban J connectivity index is 1.41. The van der Waals surface area contributed by atoms with Gasteiger partial charge in [0, 0.05) is 24.8 Å². The third-order valence-electron chi connectivity index (χ3n) is 13.5. The number of nitrogens with one attached hydrogen (secondary N) is 1. The molecule has 0 aromatic carbocycles. The van der Waals surface area contributed by atoms with E-state index in [0.29, 0.717) is 57.9 Å². The van der Waals surface area contributed by atoms with Crippen LogP contribution in [-0.4, -0.2) is 108 Å². The zero-order valence-corrected chi connectivity index (χ0v) is 32.7. The van der Waals surface area contributed by atoms with Gasteiger partial charge in [-0.25, -0.2) is 0 Å². The van der Waals surface area contributed by atoms with Crippen LogP contribution in [0.1, 0.15) is 85.0 Å². The molecule has 1 unspecified atom stereocenters. The van der Waals surface area contributed by atoms with Gasteiger partial charge in [0.25, 0.3) is 30.5 Å². The van der Waals surface area contributed by atoms with Crippen LogP contribution < -0.4 is 5.32 Å². The number of amides is 1. The van der Waals surface area contributed by atoms with Gasteiger partial charge in [-0.1, -0.05) is 20.8 Å². The van der Waals surface area contributed by atoms with E-state index in [9.17, 15) is 53.7 Å². The molecule has 4 aliphatic rings. The topological polar surface area (TPSA) is 293 Å². The van der Waals surface area contributed by atoms with Crippen LogP contribution in [0.3, 0.4) is 0 Å². The molecule has 4 fully saturated rings. The molecule has 22 nitrogen and oxygen atoms in total. The van der Waals surface area contributed by atoms with E-state index in [4.69, 9.17) is 19.1 Å². The van der Waals surface area contributed by atoms with Gasteiger partial charge in [-0.3, -0.25) is 9.35 Å². The molecular formula is C32H55N6O16S+. The fourth-order valence-corrected chi connectivity index (χ4v) is 11.9. The van der Waals surface area contributed by atoms with Crippen LogP contribution in [0.5, 0.6) is 0 Å². The van der Waals surface area contributed by atoms with E-state index in [0.717, 1.165) is 0 Å². The van der Waals surface area contributed by atoms with Crippen LogP contribution in [0.4, 0.5) is 0 Å². The predicted molar refractivity (Wildman–Crippen MR) is 188 cm³/mol. The standard InChI is InChI=1S/C32H54N6O16S/c1-20(7-10-29(39)33-13-6-14-38(4,5)18-23(52-35(42)43)19-55(48,49)50)24-8-9-25-30-26(17-28(32(24,25)3)54-37(46)47)31(2)12-11-22(51-34(40)41)15-21(31)16-27(30)53-36(44)45/h20-28,30H,6-19H2,1-5H3,(H-,33,39,48,49,50)/p+1/t20-,21+,22-,23?,24-,25+,26+,27-,28+,30+,31+,32-/m1/s1. The highest BCUT2D eigenvalue weighted by Crippen LogP contribution is 2.69. The lowest BCUT2D eigenvalue weighted by atomic mass is 9.43. The molecule has 23 heteroatoms. The first-order chi connectivity index (χ1) is 25.4. The van der Waals surface area contributed by atoms with Gasteiger partial charge >= 0.3 is 0 Å². The van der Waals surface area contributed by atoms with E-state index < -0.39 is 71.5 Å². The number of fused-ring (bicyclic) bond motifs is 5. The van der Waals surface area contributed by atoms with Crippen LogP contribution in [0.25, 0.3) is 0 Å². The van der Waals surface area contributed by atoms with Crippen LogP contribution in [-0.2, 0) is 34.3 Å². The molecule has 0 bridgehead atoms. The van der Waals surface area contributed by atoms with Crippen molar-refractivity contribution in [3.8, 4) is 0 Å². The molecule has 1 amide bonds. The van der Waals surface area contributed by atoms with Gasteiger partial charge < -0.3 is 29.2 Å². The Morgan fingerprint density at radius 3 is 2.18 bits per heavy atom. The maximum Gasteiger partial charge on any atom is 0.295 e. The van der Waals surface area contributed by atoms with Crippen molar-refractivity contribution < 1.29 is 61.9 Å². The summed E-state index contributed by atoms with van der Waals surface area (Å²) >= 11 is 0. The van der Waals surface area contributed by atoms with Crippen molar-refractivity contribution in [2.75, 3.05) is 39.5 Å². The maximum atomic E-state index is 13.0. The predicted octanol–water partition coefficient (Wildman–Crippen LogP) is 3.06. The first-order valence-electron chi connectivity index (χ1n) is 18.7. The second kappa shape index (κ2) is 17.1. The lowest BCUT2D eigenvalue weighted by Crippen LogP contribution is -2.63. The normalized spacial score (nSPS) is 34.1. The van der Waals surface area contributed by atoms with Gasteiger partial charge in [0.1, 0.15) is 30.6 Å². The molecule has 0 heterocycles. The van der Waals surface area contributed by atoms with Crippen LogP contribution in [0, 0.1) is 86.8 Å². The maximum absolute atomic E-state index is 13.0. The SMILES string of the molecule is C[C@H](CCC(=O)NCCC[N+](C)(C)CC(CS(=O)(=O)O)O[N+](=O)[O-])[C@H]1CC[C@H]2[C@@H]3[C@H](O[N+](=O)[O-])C[C@@H]4C[C@H](O[N+](=O)[O-])CC[C@]4(C)[C@H]3C[C@H](O[N+](=O)[O-])[C@]12C. The Morgan fingerprint density at radius 2 is 1.58 bits per heavy atom. The summed E-state index contributed by atoms with van der Waals surface area (Å²) in [5.74, 6) is -2.34. The van der Waals surface area contributed by atoms with Gasteiger partial charge in [-0.15, -0.1) is 40.5 Å². The summed E-state index contributed by atoms with van der Waals surface area (Å²) in [5, 5.41) is 45.1. The van der Waals surface area contributed by atoms with E-state index in [2.05, 4.69) is 17.1 Å². The molecule has 0 spiro atoms. The first kappa shape index (κ1) is 43.9. The van der Waals surface area contributed by atoms with E-state index >= 15 is 0 Å². The van der Waals surface area contributed by atoms with Gasteiger partial charge in [0.05, 0.1) is 20.6 Å². The lowest BCUT2D eigenvalue weighted by Gasteiger charge is -2.64. The van der Waals surface area contributed by atoms with E-state index in [-0.39, 0.29) is 71.8 Å². The van der Waals surface area contributed by atoms with Gasteiger partial charge in [-0.2, -0.15) is 8.42 Å². The molecule has 4 aliphatic carbocycles. The zero-order chi connectivity index (χ0) is 41.1. The molecule has 4 rings (SSSR count). The lowest BCUT2D eigenvalue weighted by molar-refractivity contribution is -0.902. The van der Waals surface area contributed by atoms with Crippen molar-refractivity contribution in [2.24, 2.45) is 46.3 Å². The molecule has 314 valence electrons. The fraction of sp³-hybridized carbons (Fsp3) is 0.969. The first-order valence-corrected chi connectivity index (χ1v) is 20.3. The van der Waals surface area contributed by atoms with Crippen molar-refractivity contribution >= 4 is 16.0 Å². The quantitative estimate of drug-likeness (QED) is 0.0587. The second-order valence-electron chi connectivity index (χ2n) is 17.2. The number of likely N-dealkylation sites (N-methyl/N-ethyl adjacent to an activating group) is 1. The Morgan fingerprint density at radius 1 is 0.927 bits per heavy atom. The number of carbonyl (C=O) groups is 1. The van der Waals surface area contributed by atoms with Crippen molar-refractivity contribution in [1.29, 1.82) is 0 Å². The molecule has 0 aliphatic heterocycles. The van der Waals surface area contributed by atoms with Crippen LogP contribution in [0.2, 0.25) is 0 Å². The van der Waals surface area contributed by atoms with Gasteiger partial charge in [0.15, 0.2) is 6.10 Å². The largest absolute Gasteiger partial charge is 0.356 e. The van der Waals surface area contributed by atoms with Crippen LogP contribution >= 0.6 is 0 Å².